The number of nitrogens with zero attached hydrogens (tertiary/aromatic N) is 1. The molecule has 1 aromatic rings. The minimum Gasteiger partial charge on any atom is -0.481 e. The molecule has 1 amide bonds. The second kappa shape index (κ2) is 7.74. The largest absolute Gasteiger partial charge is 0.481 e. The molecular formula is C13H17ClN2O3. The number of halogens is 1. The third kappa shape index (κ3) is 6.20. The van der Waals surface area contributed by atoms with E-state index in [9.17, 15) is 9.59 Å². The molecule has 19 heavy (non-hydrogen) atoms. The van der Waals surface area contributed by atoms with Gasteiger partial charge in [-0.1, -0.05) is 18.5 Å². The topological polar surface area (TPSA) is 79.3 Å². The van der Waals surface area contributed by atoms with Crippen LogP contribution in [0.15, 0.2) is 18.3 Å². The smallest absolute Gasteiger partial charge is 0.303 e. The average Bonchev–Trinajstić information content (AvgIpc) is 2.36. The van der Waals surface area contributed by atoms with E-state index < -0.39 is 5.97 Å². The van der Waals surface area contributed by atoms with Gasteiger partial charge in [0.2, 0.25) is 0 Å². The van der Waals surface area contributed by atoms with Crippen LogP contribution >= 0.6 is 11.6 Å². The van der Waals surface area contributed by atoms with Gasteiger partial charge in [-0.3, -0.25) is 14.6 Å². The van der Waals surface area contributed by atoms with E-state index in [4.69, 9.17) is 16.7 Å². The van der Waals surface area contributed by atoms with Crippen LogP contribution in [-0.2, 0) is 4.79 Å². The molecule has 104 valence electrons. The van der Waals surface area contributed by atoms with E-state index in [0.717, 1.165) is 6.42 Å². The quantitative estimate of drug-likeness (QED) is 0.805. The standard InChI is InChI=1S/C13H17ClN2O3/c1-9(2-3-12(17)18)4-6-16-13(19)11-8-10(14)5-7-15-11/h5,7-9H,2-4,6H2,1H3,(H,16,19)(H,17,18). The van der Waals surface area contributed by atoms with Crippen LogP contribution < -0.4 is 5.32 Å². The maximum absolute atomic E-state index is 11.7. The van der Waals surface area contributed by atoms with E-state index in [1.165, 1.54) is 12.3 Å². The van der Waals surface area contributed by atoms with E-state index in [2.05, 4.69) is 10.3 Å². The van der Waals surface area contributed by atoms with Crippen LogP contribution in [0.5, 0.6) is 0 Å². The molecule has 1 unspecified atom stereocenters. The van der Waals surface area contributed by atoms with Crippen molar-refractivity contribution in [3.63, 3.8) is 0 Å². The SMILES string of the molecule is CC(CCNC(=O)c1cc(Cl)ccn1)CCC(=O)O. The number of aliphatic carboxylic acids is 1. The molecule has 0 saturated heterocycles. The van der Waals surface area contributed by atoms with Crippen LogP contribution in [-0.4, -0.2) is 28.5 Å². The minimum atomic E-state index is -0.793. The van der Waals surface area contributed by atoms with Crippen LogP contribution in [0, 0.1) is 5.92 Å². The van der Waals surface area contributed by atoms with Gasteiger partial charge in [0.1, 0.15) is 5.69 Å². The number of rotatable bonds is 7. The molecule has 2 N–H and O–H groups in total. The summed E-state index contributed by atoms with van der Waals surface area (Å²) >= 11 is 5.77. The first-order chi connectivity index (χ1) is 8.99. The van der Waals surface area contributed by atoms with Crippen molar-refractivity contribution >= 4 is 23.5 Å². The van der Waals surface area contributed by atoms with Gasteiger partial charge in [-0.15, -0.1) is 0 Å². The van der Waals surface area contributed by atoms with Crippen LogP contribution in [0.1, 0.15) is 36.7 Å². The third-order valence-corrected chi connectivity index (χ3v) is 2.96. The number of carboxylic acids is 1. The van der Waals surface area contributed by atoms with Gasteiger partial charge in [0.15, 0.2) is 0 Å². The molecule has 0 bridgehead atoms. The monoisotopic (exact) mass is 284 g/mol. The highest BCUT2D eigenvalue weighted by Crippen LogP contribution is 2.10. The number of hydrogen-bond donors (Lipinski definition) is 2. The Balaban J connectivity index is 2.29. The predicted molar refractivity (Wildman–Crippen MR) is 72.2 cm³/mol. The molecular weight excluding hydrogens is 268 g/mol. The first kappa shape index (κ1) is 15.4. The highest BCUT2D eigenvalue weighted by molar-refractivity contribution is 6.30. The Morgan fingerprint density at radius 1 is 1.47 bits per heavy atom. The predicted octanol–water partition coefficient (Wildman–Crippen LogP) is 2.36. The van der Waals surface area contributed by atoms with E-state index in [1.54, 1.807) is 6.07 Å². The number of pyridine rings is 1. The molecule has 5 nitrogen and oxygen atoms in total. The lowest BCUT2D eigenvalue weighted by atomic mass is 10.0. The highest BCUT2D eigenvalue weighted by Gasteiger charge is 2.09. The van der Waals surface area contributed by atoms with Crippen LogP contribution in [0.25, 0.3) is 0 Å². The summed E-state index contributed by atoms with van der Waals surface area (Å²) in [6.45, 7) is 2.46. The highest BCUT2D eigenvalue weighted by atomic mass is 35.5. The molecule has 0 saturated carbocycles. The lowest BCUT2D eigenvalue weighted by Crippen LogP contribution is -2.26. The number of carboxylic acid groups (broad SMARTS) is 1. The van der Waals surface area contributed by atoms with Gasteiger partial charge in [-0.25, -0.2) is 0 Å². The fourth-order valence-electron chi connectivity index (χ4n) is 1.57. The number of amides is 1. The molecule has 0 aromatic carbocycles. The number of hydrogen-bond acceptors (Lipinski definition) is 3. The Bertz CT molecular complexity index is 451. The molecule has 0 aliphatic heterocycles. The van der Waals surface area contributed by atoms with Crippen molar-refractivity contribution < 1.29 is 14.7 Å². The Morgan fingerprint density at radius 2 is 2.21 bits per heavy atom. The van der Waals surface area contributed by atoms with Crippen LogP contribution in [0.3, 0.4) is 0 Å². The summed E-state index contributed by atoms with van der Waals surface area (Å²) in [6.07, 6.45) is 2.98. The molecule has 0 fully saturated rings. The third-order valence-electron chi connectivity index (χ3n) is 2.73. The number of nitrogens with one attached hydrogen (secondary N) is 1. The van der Waals surface area contributed by atoms with Crippen molar-refractivity contribution in [1.82, 2.24) is 10.3 Å². The molecule has 6 heteroatoms. The van der Waals surface area contributed by atoms with Gasteiger partial charge < -0.3 is 10.4 Å². The van der Waals surface area contributed by atoms with E-state index in [0.29, 0.717) is 18.0 Å². The number of carbonyl (C=O) groups excluding carboxylic acids is 1. The second-order valence-electron chi connectivity index (χ2n) is 4.44. The van der Waals surface area contributed by atoms with Crippen molar-refractivity contribution in [3.8, 4) is 0 Å². The summed E-state index contributed by atoms with van der Waals surface area (Å²) in [6, 6.07) is 3.11. The van der Waals surface area contributed by atoms with Crippen molar-refractivity contribution in [2.75, 3.05) is 6.54 Å². The van der Waals surface area contributed by atoms with Crippen LogP contribution in [0.2, 0.25) is 5.02 Å². The zero-order valence-electron chi connectivity index (χ0n) is 10.7. The normalized spacial score (nSPS) is 11.9. The Labute approximate surface area is 117 Å². The van der Waals surface area contributed by atoms with Crippen molar-refractivity contribution in [3.05, 3.63) is 29.0 Å². The molecule has 0 spiro atoms. The van der Waals surface area contributed by atoms with Crippen LogP contribution in [0.4, 0.5) is 0 Å². The molecule has 1 aromatic heterocycles. The fourth-order valence-corrected chi connectivity index (χ4v) is 1.73. The summed E-state index contributed by atoms with van der Waals surface area (Å²) in [5.41, 5.74) is 0.283. The van der Waals surface area contributed by atoms with E-state index in [-0.39, 0.29) is 23.9 Å². The average molecular weight is 285 g/mol. The summed E-state index contributed by atoms with van der Waals surface area (Å²) < 4.78 is 0. The summed E-state index contributed by atoms with van der Waals surface area (Å²) in [5.74, 6) is -0.810. The van der Waals surface area contributed by atoms with Crippen molar-refractivity contribution in [1.29, 1.82) is 0 Å². The minimum absolute atomic E-state index is 0.158. The Hall–Kier alpha value is -1.62. The Morgan fingerprint density at radius 3 is 2.84 bits per heavy atom. The molecule has 0 aliphatic carbocycles. The first-order valence-corrected chi connectivity index (χ1v) is 6.48. The number of carbonyl (C=O) groups is 2. The number of aromatic nitrogens is 1. The second-order valence-corrected chi connectivity index (χ2v) is 4.88. The maximum atomic E-state index is 11.7. The summed E-state index contributed by atoms with van der Waals surface area (Å²) in [7, 11) is 0. The van der Waals surface area contributed by atoms with Gasteiger partial charge in [0, 0.05) is 24.2 Å². The molecule has 1 rings (SSSR count). The van der Waals surface area contributed by atoms with Gasteiger partial charge in [0.25, 0.3) is 5.91 Å². The molecule has 0 radical (unpaired) electrons. The van der Waals surface area contributed by atoms with Crippen molar-refractivity contribution in [2.45, 2.75) is 26.2 Å². The van der Waals surface area contributed by atoms with Gasteiger partial charge in [-0.05, 0) is 30.9 Å². The Kier molecular flexibility index (Phi) is 6.29. The van der Waals surface area contributed by atoms with Gasteiger partial charge in [0.05, 0.1) is 0 Å². The molecule has 1 heterocycles. The lowest BCUT2D eigenvalue weighted by Gasteiger charge is -2.10. The van der Waals surface area contributed by atoms with Gasteiger partial charge >= 0.3 is 5.97 Å². The zero-order chi connectivity index (χ0) is 14.3. The van der Waals surface area contributed by atoms with E-state index >= 15 is 0 Å². The van der Waals surface area contributed by atoms with Crippen molar-refractivity contribution in [2.24, 2.45) is 5.92 Å². The van der Waals surface area contributed by atoms with Gasteiger partial charge in [-0.2, -0.15) is 0 Å². The first-order valence-electron chi connectivity index (χ1n) is 6.10. The fraction of sp³-hybridized carbons (Fsp3) is 0.462. The molecule has 1 atom stereocenters. The zero-order valence-corrected chi connectivity index (χ0v) is 11.5. The van der Waals surface area contributed by atoms with E-state index in [1.807, 2.05) is 6.92 Å². The summed E-state index contributed by atoms with van der Waals surface area (Å²) in [4.78, 5) is 26.1. The lowest BCUT2D eigenvalue weighted by molar-refractivity contribution is -0.137. The summed E-state index contributed by atoms with van der Waals surface area (Å²) in [5, 5.41) is 11.8. The molecule has 0 aliphatic rings. The maximum Gasteiger partial charge on any atom is 0.303 e.